The molecule has 1 aliphatic heterocycles. The molecule has 1 aromatic rings. The third-order valence-electron chi connectivity index (χ3n) is 3.38. The minimum atomic E-state index is -0.322. The van der Waals surface area contributed by atoms with Crippen LogP contribution in [0.5, 0.6) is 0 Å². The molecular weight excluding hydrogens is 242 g/mol. The predicted molar refractivity (Wildman–Crippen MR) is 73.6 cm³/mol. The first-order valence-corrected chi connectivity index (χ1v) is 6.49. The van der Waals surface area contributed by atoms with Gasteiger partial charge in [0.15, 0.2) is 0 Å². The molecule has 0 aliphatic carbocycles. The third kappa shape index (κ3) is 2.61. The fourth-order valence-electron chi connectivity index (χ4n) is 2.46. The van der Waals surface area contributed by atoms with Gasteiger partial charge < -0.3 is 10.6 Å². The van der Waals surface area contributed by atoms with E-state index in [9.17, 15) is 9.59 Å². The molecule has 3 N–H and O–H groups in total. The van der Waals surface area contributed by atoms with Gasteiger partial charge in [0.25, 0.3) is 0 Å². The van der Waals surface area contributed by atoms with Gasteiger partial charge in [-0.3, -0.25) is 14.9 Å². The average molecular weight is 261 g/mol. The van der Waals surface area contributed by atoms with Crippen molar-refractivity contribution in [2.45, 2.75) is 32.4 Å². The second-order valence-corrected chi connectivity index (χ2v) is 4.81. The van der Waals surface area contributed by atoms with Gasteiger partial charge in [0.1, 0.15) is 6.04 Å². The second kappa shape index (κ2) is 5.40. The Kier molecular flexibility index (Phi) is 3.85. The largest absolute Gasteiger partial charge is 0.350 e. The number of piperazine rings is 1. The summed E-state index contributed by atoms with van der Waals surface area (Å²) in [6, 6.07) is 7.18. The molecule has 1 fully saturated rings. The summed E-state index contributed by atoms with van der Waals surface area (Å²) in [6.45, 7) is 4.02. The average Bonchev–Trinajstić information content (AvgIpc) is 2.37. The van der Waals surface area contributed by atoms with E-state index in [2.05, 4.69) is 5.32 Å². The van der Waals surface area contributed by atoms with Gasteiger partial charge in [-0.2, -0.15) is 0 Å². The Balaban J connectivity index is 2.43. The number of carbonyl (C=O) groups is 2. The Morgan fingerprint density at radius 1 is 1.42 bits per heavy atom. The van der Waals surface area contributed by atoms with Gasteiger partial charge in [0.2, 0.25) is 11.8 Å². The summed E-state index contributed by atoms with van der Waals surface area (Å²) < 4.78 is 0. The van der Waals surface area contributed by atoms with E-state index >= 15 is 0 Å². The molecule has 1 saturated heterocycles. The summed E-state index contributed by atoms with van der Waals surface area (Å²) in [4.78, 5) is 25.3. The molecule has 102 valence electrons. The molecule has 2 atom stereocenters. The third-order valence-corrected chi connectivity index (χ3v) is 3.38. The zero-order valence-electron chi connectivity index (χ0n) is 11.2. The van der Waals surface area contributed by atoms with Crippen molar-refractivity contribution in [2.75, 3.05) is 11.4 Å². The summed E-state index contributed by atoms with van der Waals surface area (Å²) >= 11 is 0. The highest BCUT2D eigenvalue weighted by Crippen LogP contribution is 2.28. The maximum Gasteiger partial charge on any atom is 0.249 e. The van der Waals surface area contributed by atoms with E-state index in [0.29, 0.717) is 6.42 Å². The van der Waals surface area contributed by atoms with Gasteiger partial charge in [-0.05, 0) is 25.0 Å². The van der Waals surface area contributed by atoms with Crippen LogP contribution in [0.3, 0.4) is 0 Å². The quantitative estimate of drug-likeness (QED) is 0.794. The Labute approximate surface area is 112 Å². The minimum absolute atomic E-state index is 0.145. The van der Waals surface area contributed by atoms with Crippen LogP contribution < -0.4 is 16.0 Å². The molecule has 0 radical (unpaired) electrons. The number of carbonyl (C=O) groups excluding carboxylic acids is 2. The van der Waals surface area contributed by atoms with Crippen LogP contribution in [0.1, 0.15) is 31.9 Å². The molecule has 0 aromatic heterocycles. The fourth-order valence-corrected chi connectivity index (χ4v) is 2.46. The van der Waals surface area contributed by atoms with Crippen molar-refractivity contribution in [1.29, 1.82) is 0 Å². The number of benzene rings is 1. The fraction of sp³-hybridized carbons (Fsp3) is 0.429. The van der Waals surface area contributed by atoms with Gasteiger partial charge in [-0.1, -0.05) is 25.1 Å². The minimum Gasteiger partial charge on any atom is -0.350 e. The van der Waals surface area contributed by atoms with E-state index in [4.69, 9.17) is 5.73 Å². The zero-order valence-corrected chi connectivity index (χ0v) is 11.2. The Morgan fingerprint density at radius 2 is 2.11 bits per heavy atom. The van der Waals surface area contributed by atoms with Gasteiger partial charge in [0, 0.05) is 11.7 Å². The Hall–Kier alpha value is -1.88. The summed E-state index contributed by atoms with van der Waals surface area (Å²) in [5.74, 6) is -0.507. The van der Waals surface area contributed by atoms with Crippen molar-refractivity contribution in [3.63, 3.8) is 0 Å². The van der Waals surface area contributed by atoms with Crippen molar-refractivity contribution in [1.82, 2.24) is 5.32 Å². The first-order valence-electron chi connectivity index (χ1n) is 6.49. The molecule has 2 rings (SSSR count). The predicted octanol–water partition coefficient (Wildman–Crippen LogP) is 0.948. The number of hydrogen-bond acceptors (Lipinski definition) is 4. The zero-order chi connectivity index (χ0) is 14.0. The SMILES string of the molecule is CCC1C(=O)NC(=O)CN1c1ccccc1[C@H](C)N. The van der Waals surface area contributed by atoms with E-state index in [1.54, 1.807) is 0 Å². The van der Waals surface area contributed by atoms with E-state index in [1.807, 2.05) is 43.0 Å². The van der Waals surface area contributed by atoms with Crippen LogP contribution in [0.25, 0.3) is 0 Å². The molecule has 0 saturated carbocycles. The number of para-hydroxylation sites is 1. The molecule has 1 aromatic carbocycles. The van der Waals surface area contributed by atoms with Crippen molar-refractivity contribution in [3.05, 3.63) is 29.8 Å². The summed E-state index contributed by atoms with van der Waals surface area (Å²) in [7, 11) is 0. The van der Waals surface area contributed by atoms with Crippen molar-refractivity contribution < 1.29 is 9.59 Å². The topological polar surface area (TPSA) is 75.4 Å². The number of hydrogen-bond donors (Lipinski definition) is 2. The van der Waals surface area contributed by atoms with Crippen LogP contribution in [-0.2, 0) is 9.59 Å². The normalized spacial score (nSPS) is 21.2. The van der Waals surface area contributed by atoms with Crippen LogP contribution in [0.2, 0.25) is 0 Å². The molecule has 0 spiro atoms. The smallest absolute Gasteiger partial charge is 0.249 e. The number of anilines is 1. The van der Waals surface area contributed by atoms with Gasteiger partial charge in [-0.25, -0.2) is 0 Å². The number of amides is 2. The summed E-state index contributed by atoms with van der Waals surface area (Å²) in [6.07, 6.45) is 0.645. The lowest BCUT2D eigenvalue weighted by atomic mass is 10.0. The molecule has 19 heavy (non-hydrogen) atoms. The maximum absolute atomic E-state index is 11.9. The number of nitrogens with two attached hydrogens (primary N) is 1. The highest BCUT2D eigenvalue weighted by molar-refractivity contribution is 6.04. The molecule has 1 unspecified atom stereocenters. The molecular formula is C14H19N3O2. The molecule has 5 heteroatoms. The lowest BCUT2D eigenvalue weighted by Gasteiger charge is -2.36. The Morgan fingerprint density at radius 3 is 2.74 bits per heavy atom. The van der Waals surface area contributed by atoms with Crippen molar-refractivity contribution >= 4 is 17.5 Å². The lowest BCUT2D eigenvalue weighted by Crippen LogP contribution is -2.58. The molecule has 2 amide bonds. The molecule has 1 heterocycles. The van der Waals surface area contributed by atoms with E-state index in [0.717, 1.165) is 11.3 Å². The maximum atomic E-state index is 11.9. The van der Waals surface area contributed by atoms with Crippen LogP contribution in [0.4, 0.5) is 5.69 Å². The standard InChI is InChI=1S/C14H19N3O2/c1-3-11-14(19)16-13(18)8-17(11)12-7-5-4-6-10(12)9(2)15/h4-7,9,11H,3,8,15H2,1-2H3,(H,16,18,19)/t9-,11?/m0/s1. The van der Waals surface area contributed by atoms with Crippen LogP contribution >= 0.6 is 0 Å². The van der Waals surface area contributed by atoms with Crippen LogP contribution in [-0.4, -0.2) is 24.4 Å². The highest BCUT2D eigenvalue weighted by atomic mass is 16.2. The second-order valence-electron chi connectivity index (χ2n) is 4.81. The first-order chi connectivity index (χ1) is 9.04. The summed E-state index contributed by atoms with van der Waals surface area (Å²) in [5.41, 5.74) is 7.78. The lowest BCUT2D eigenvalue weighted by molar-refractivity contribution is -0.132. The number of imide groups is 1. The van der Waals surface area contributed by atoms with Gasteiger partial charge >= 0.3 is 0 Å². The number of nitrogens with zero attached hydrogens (tertiary/aromatic N) is 1. The number of nitrogens with one attached hydrogen (secondary N) is 1. The van der Waals surface area contributed by atoms with Crippen molar-refractivity contribution in [3.8, 4) is 0 Å². The van der Waals surface area contributed by atoms with E-state index in [1.165, 1.54) is 0 Å². The monoisotopic (exact) mass is 261 g/mol. The molecule has 5 nitrogen and oxygen atoms in total. The number of rotatable bonds is 3. The van der Waals surface area contributed by atoms with Gasteiger partial charge in [0.05, 0.1) is 6.54 Å². The van der Waals surface area contributed by atoms with Crippen molar-refractivity contribution in [2.24, 2.45) is 5.73 Å². The first kappa shape index (κ1) is 13.5. The molecule has 0 bridgehead atoms. The molecule has 1 aliphatic rings. The van der Waals surface area contributed by atoms with Crippen LogP contribution in [0, 0.1) is 0 Å². The van der Waals surface area contributed by atoms with Gasteiger partial charge in [-0.15, -0.1) is 0 Å². The Bertz CT molecular complexity index is 499. The highest BCUT2D eigenvalue weighted by Gasteiger charge is 2.33. The van der Waals surface area contributed by atoms with E-state index < -0.39 is 0 Å². The van der Waals surface area contributed by atoms with Crippen LogP contribution in [0.15, 0.2) is 24.3 Å². The summed E-state index contributed by atoms with van der Waals surface area (Å²) in [5, 5.41) is 2.38. The van der Waals surface area contributed by atoms with E-state index in [-0.39, 0.29) is 30.4 Å².